The summed E-state index contributed by atoms with van der Waals surface area (Å²) in [5.41, 5.74) is 4.78. The molecule has 0 amide bonds. The highest BCUT2D eigenvalue weighted by molar-refractivity contribution is 6.31. The van der Waals surface area contributed by atoms with Gasteiger partial charge in [0.2, 0.25) is 0 Å². The van der Waals surface area contributed by atoms with Crippen molar-refractivity contribution in [3.63, 3.8) is 0 Å². The zero-order valence-electron chi connectivity index (χ0n) is 8.42. The fourth-order valence-corrected chi connectivity index (χ4v) is 1.52. The standard InChI is InChI=1S/C10H11ClF3NO/c1-5(15)9(16)7-3-2-6(4-8(7)11)10(12,13)14/h2-5,9,16H,15H2,1H3/t5-,9-/m0/s1. The number of aliphatic hydroxyl groups excluding tert-OH is 1. The van der Waals surface area contributed by atoms with Crippen LogP contribution in [0.5, 0.6) is 0 Å². The van der Waals surface area contributed by atoms with Crippen molar-refractivity contribution in [1.82, 2.24) is 0 Å². The second-order valence-corrected chi connectivity index (χ2v) is 3.95. The van der Waals surface area contributed by atoms with Gasteiger partial charge in [-0.1, -0.05) is 17.7 Å². The van der Waals surface area contributed by atoms with Gasteiger partial charge in [-0.3, -0.25) is 0 Å². The number of nitrogens with two attached hydrogens (primary N) is 1. The molecule has 0 radical (unpaired) electrons. The lowest BCUT2D eigenvalue weighted by Gasteiger charge is -2.17. The molecule has 0 aliphatic carbocycles. The largest absolute Gasteiger partial charge is 0.416 e. The first kappa shape index (κ1) is 13.3. The van der Waals surface area contributed by atoms with E-state index in [9.17, 15) is 18.3 Å². The number of benzene rings is 1. The Morgan fingerprint density at radius 2 is 1.94 bits per heavy atom. The highest BCUT2D eigenvalue weighted by Crippen LogP contribution is 2.34. The van der Waals surface area contributed by atoms with E-state index in [1.807, 2.05) is 0 Å². The predicted molar refractivity (Wildman–Crippen MR) is 55.1 cm³/mol. The van der Waals surface area contributed by atoms with Gasteiger partial charge < -0.3 is 10.8 Å². The topological polar surface area (TPSA) is 46.2 Å². The van der Waals surface area contributed by atoms with E-state index in [1.165, 1.54) is 0 Å². The van der Waals surface area contributed by atoms with E-state index in [-0.39, 0.29) is 10.6 Å². The molecule has 0 fully saturated rings. The Morgan fingerprint density at radius 3 is 2.31 bits per heavy atom. The molecule has 0 saturated carbocycles. The fraction of sp³-hybridized carbons (Fsp3) is 0.400. The molecule has 16 heavy (non-hydrogen) atoms. The number of hydrogen-bond acceptors (Lipinski definition) is 2. The Morgan fingerprint density at radius 1 is 1.38 bits per heavy atom. The Labute approximate surface area is 95.8 Å². The minimum absolute atomic E-state index is 0.139. The van der Waals surface area contributed by atoms with Gasteiger partial charge in [-0.05, 0) is 19.1 Å². The van der Waals surface area contributed by atoms with Gasteiger partial charge in [0.1, 0.15) is 0 Å². The van der Waals surface area contributed by atoms with Crippen molar-refractivity contribution in [3.8, 4) is 0 Å². The van der Waals surface area contributed by atoms with Crippen LogP contribution in [0.3, 0.4) is 0 Å². The molecule has 0 saturated heterocycles. The van der Waals surface area contributed by atoms with E-state index in [1.54, 1.807) is 6.92 Å². The summed E-state index contributed by atoms with van der Waals surface area (Å²) in [4.78, 5) is 0. The predicted octanol–water partition coefficient (Wildman–Crippen LogP) is 2.74. The first-order valence-corrected chi connectivity index (χ1v) is 4.91. The van der Waals surface area contributed by atoms with Crippen LogP contribution < -0.4 is 5.73 Å². The minimum atomic E-state index is -4.44. The Kier molecular flexibility index (Phi) is 3.83. The zero-order valence-corrected chi connectivity index (χ0v) is 9.18. The van der Waals surface area contributed by atoms with Crippen molar-refractivity contribution in [2.75, 3.05) is 0 Å². The van der Waals surface area contributed by atoms with E-state index in [0.29, 0.717) is 0 Å². The fourth-order valence-electron chi connectivity index (χ4n) is 1.23. The van der Waals surface area contributed by atoms with Crippen LogP contribution in [0.1, 0.15) is 24.2 Å². The lowest BCUT2D eigenvalue weighted by molar-refractivity contribution is -0.137. The first-order valence-electron chi connectivity index (χ1n) is 4.53. The molecule has 0 aliphatic heterocycles. The second kappa shape index (κ2) is 4.61. The summed E-state index contributed by atoms with van der Waals surface area (Å²) in [7, 11) is 0. The average Bonchev–Trinajstić information content (AvgIpc) is 2.15. The summed E-state index contributed by atoms with van der Waals surface area (Å²) in [6.07, 6.45) is -5.52. The van der Waals surface area contributed by atoms with Crippen molar-refractivity contribution >= 4 is 11.6 Å². The second-order valence-electron chi connectivity index (χ2n) is 3.54. The molecular formula is C10H11ClF3NO. The molecule has 0 unspecified atom stereocenters. The summed E-state index contributed by atoms with van der Waals surface area (Å²) in [6, 6.07) is 2.18. The third-order valence-corrected chi connectivity index (χ3v) is 2.47. The highest BCUT2D eigenvalue weighted by atomic mass is 35.5. The van der Waals surface area contributed by atoms with E-state index in [0.717, 1.165) is 18.2 Å². The maximum atomic E-state index is 12.3. The molecule has 0 aliphatic rings. The number of alkyl halides is 3. The lowest BCUT2D eigenvalue weighted by atomic mass is 10.0. The molecule has 1 rings (SSSR count). The smallest absolute Gasteiger partial charge is 0.387 e. The van der Waals surface area contributed by atoms with Crippen molar-refractivity contribution in [2.45, 2.75) is 25.2 Å². The third kappa shape index (κ3) is 2.87. The summed E-state index contributed by atoms with van der Waals surface area (Å²) >= 11 is 5.66. The first-order chi connectivity index (χ1) is 7.23. The Hall–Kier alpha value is -0.780. The normalized spacial score (nSPS) is 15.9. The van der Waals surface area contributed by atoms with Crippen molar-refractivity contribution in [3.05, 3.63) is 34.3 Å². The van der Waals surface area contributed by atoms with Crippen LogP contribution >= 0.6 is 11.6 Å². The van der Waals surface area contributed by atoms with Crippen LogP contribution in [0, 0.1) is 0 Å². The molecular weight excluding hydrogens is 243 g/mol. The van der Waals surface area contributed by atoms with Gasteiger partial charge in [0.15, 0.2) is 0 Å². The van der Waals surface area contributed by atoms with Gasteiger partial charge in [0.05, 0.1) is 11.7 Å². The molecule has 90 valence electrons. The average molecular weight is 254 g/mol. The lowest BCUT2D eigenvalue weighted by Crippen LogP contribution is -2.24. The van der Waals surface area contributed by atoms with E-state index < -0.39 is 23.9 Å². The number of halogens is 4. The maximum Gasteiger partial charge on any atom is 0.416 e. The Balaban J connectivity index is 3.10. The van der Waals surface area contributed by atoms with E-state index in [2.05, 4.69) is 0 Å². The Bertz CT molecular complexity index is 379. The van der Waals surface area contributed by atoms with Gasteiger partial charge in [0.25, 0.3) is 0 Å². The molecule has 1 aromatic rings. The number of aliphatic hydroxyl groups is 1. The minimum Gasteiger partial charge on any atom is -0.387 e. The van der Waals surface area contributed by atoms with Gasteiger partial charge in [0, 0.05) is 16.6 Å². The van der Waals surface area contributed by atoms with Gasteiger partial charge in [-0.25, -0.2) is 0 Å². The van der Waals surface area contributed by atoms with Gasteiger partial charge >= 0.3 is 6.18 Å². The van der Waals surface area contributed by atoms with Crippen LogP contribution in [-0.2, 0) is 6.18 Å². The SMILES string of the molecule is C[C@H](N)[C@H](O)c1ccc(C(F)(F)F)cc1Cl. The van der Waals surface area contributed by atoms with Gasteiger partial charge in [-0.2, -0.15) is 13.2 Å². The molecule has 0 bridgehead atoms. The van der Waals surface area contributed by atoms with Crippen molar-refractivity contribution in [1.29, 1.82) is 0 Å². The molecule has 0 aromatic heterocycles. The quantitative estimate of drug-likeness (QED) is 0.851. The summed E-state index contributed by atoms with van der Waals surface area (Å²) in [5.74, 6) is 0. The molecule has 0 heterocycles. The van der Waals surface area contributed by atoms with Crippen molar-refractivity contribution in [2.24, 2.45) is 5.73 Å². The highest BCUT2D eigenvalue weighted by Gasteiger charge is 2.31. The third-order valence-electron chi connectivity index (χ3n) is 2.14. The van der Waals surface area contributed by atoms with E-state index >= 15 is 0 Å². The molecule has 0 spiro atoms. The van der Waals surface area contributed by atoms with Crippen LogP contribution in [0.2, 0.25) is 5.02 Å². The maximum absolute atomic E-state index is 12.3. The monoisotopic (exact) mass is 253 g/mol. The summed E-state index contributed by atoms with van der Waals surface area (Å²) < 4.78 is 36.9. The van der Waals surface area contributed by atoms with Crippen LogP contribution in [0.25, 0.3) is 0 Å². The van der Waals surface area contributed by atoms with Crippen molar-refractivity contribution < 1.29 is 18.3 Å². The van der Waals surface area contributed by atoms with Crippen LogP contribution in [0.15, 0.2) is 18.2 Å². The van der Waals surface area contributed by atoms with Gasteiger partial charge in [-0.15, -0.1) is 0 Å². The molecule has 6 heteroatoms. The summed E-state index contributed by atoms with van der Waals surface area (Å²) in [6.45, 7) is 1.54. The number of hydrogen-bond donors (Lipinski definition) is 2. The van der Waals surface area contributed by atoms with E-state index in [4.69, 9.17) is 17.3 Å². The molecule has 1 aromatic carbocycles. The molecule has 2 nitrogen and oxygen atoms in total. The summed E-state index contributed by atoms with van der Waals surface area (Å²) in [5, 5.41) is 9.44. The zero-order chi connectivity index (χ0) is 12.5. The van der Waals surface area contributed by atoms with Crippen LogP contribution in [0.4, 0.5) is 13.2 Å². The molecule has 2 atom stereocenters. The number of rotatable bonds is 2. The molecule has 3 N–H and O–H groups in total. The van der Waals surface area contributed by atoms with Crippen LogP contribution in [-0.4, -0.2) is 11.1 Å².